The molecule has 5 rings (SSSR count). The van der Waals surface area contributed by atoms with E-state index in [1.165, 1.54) is 57.8 Å². The molecule has 1 heterocycles. The summed E-state index contributed by atoms with van der Waals surface area (Å²) >= 11 is 0. The molecular formula is C31H52O3. The van der Waals surface area contributed by atoms with Gasteiger partial charge >= 0.3 is 0 Å². The summed E-state index contributed by atoms with van der Waals surface area (Å²) in [5, 5.41) is 10.4. The largest absolute Gasteiger partial charge is 0.393 e. The van der Waals surface area contributed by atoms with Crippen molar-refractivity contribution in [2.75, 3.05) is 19.8 Å². The van der Waals surface area contributed by atoms with Crippen LogP contribution in [0.25, 0.3) is 0 Å². The minimum absolute atomic E-state index is 0.133. The summed E-state index contributed by atoms with van der Waals surface area (Å²) in [6.45, 7) is 14.8. The molecule has 3 heteroatoms. The number of aliphatic hydroxyl groups excluding tert-OH is 1. The molecule has 0 spiro atoms. The maximum absolute atomic E-state index is 10.4. The number of allylic oxidation sites excluding steroid dienone is 1. The molecule has 0 aromatic heterocycles. The number of hydrogen-bond acceptors (Lipinski definition) is 3. The molecule has 1 saturated heterocycles. The normalized spacial score (nSPS) is 44.0. The van der Waals surface area contributed by atoms with Crippen LogP contribution in [0.2, 0.25) is 0 Å². The van der Waals surface area contributed by atoms with E-state index in [2.05, 4.69) is 40.7 Å². The third kappa shape index (κ3) is 4.45. The van der Waals surface area contributed by atoms with Crippen molar-refractivity contribution in [3.05, 3.63) is 11.6 Å². The third-order valence-electron chi connectivity index (χ3n) is 11.8. The van der Waals surface area contributed by atoms with Gasteiger partial charge in [-0.05, 0) is 111 Å². The Balaban J connectivity index is 1.24. The van der Waals surface area contributed by atoms with Crippen molar-refractivity contribution in [1.82, 2.24) is 0 Å². The van der Waals surface area contributed by atoms with Crippen molar-refractivity contribution in [2.45, 2.75) is 111 Å². The Morgan fingerprint density at radius 3 is 2.53 bits per heavy atom. The molecule has 1 N–H and O–H groups in total. The Bertz CT molecular complexity index is 741. The van der Waals surface area contributed by atoms with Crippen LogP contribution >= 0.6 is 0 Å². The number of rotatable bonds is 8. The van der Waals surface area contributed by atoms with Crippen molar-refractivity contribution in [3.63, 3.8) is 0 Å². The highest BCUT2D eigenvalue weighted by atomic mass is 16.5. The van der Waals surface area contributed by atoms with Crippen molar-refractivity contribution in [1.29, 1.82) is 0 Å². The Labute approximate surface area is 209 Å². The summed E-state index contributed by atoms with van der Waals surface area (Å²) in [6.07, 6.45) is 15.9. The van der Waals surface area contributed by atoms with Crippen molar-refractivity contribution < 1.29 is 14.6 Å². The number of fused-ring (bicyclic) bond motifs is 5. The SMILES string of the molecule is CC(C)C(O)CC[C@@H](C)C1CCC2C3CC=C4CC(OCC5COC5)CCC4(C)C3CCC21C. The first-order valence-corrected chi connectivity index (χ1v) is 14.8. The smallest absolute Gasteiger partial charge is 0.0612 e. The molecule has 34 heavy (non-hydrogen) atoms. The molecule has 0 aromatic rings. The first kappa shape index (κ1) is 25.3. The van der Waals surface area contributed by atoms with Gasteiger partial charge in [0.25, 0.3) is 0 Å². The van der Waals surface area contributed by atoms with Gasteiger partial charge in [-0.3, -0.25) is 0 Å². The molecule has 0 amide bonds. The Kier molecular flexibility index (Phi) is 7.30. The summed E-state index contributed by atoms with van der Waals surface area (Å²) < 4.78 is 11.7. The van der Waals surface area contributed by atoms with Gasteiger partial charge in [-0.2, -0.15) is 0 Å². The molecule has 5 aliphatic rings. The first-order valence-electron chi connectivity index (χ1n) is 14.8. The van der Waals surface area contributed by atoms with E-state index in [4.69, 9.17) is 9.47 Å². The van der Waals surface area contributed by atoms with E-state index in [-0.39, 0.29) is 6.10 Å². The van der Waals surface area contributed by atoms with Gasteiger partial charge in [0.05, 0.1) is 32.0 Å². The zero-order chi connectivity index (χ0) is 24.1. The monoisotopic (exact) mass is 472 g/mol. The van der Waals surface area contributed by atoms with Crippen LogP contribution in [-0.2, 0) is 9.47 Å². The van der Waals surface area contributed by atoms with Gasteiger partial charge in [0.2, 0.25) is 0 Å². The minimum atomic E-state index is -0.133. The molecule has 4 aliphatic carbocycles. The fourth-order valence-corrected chi connectivity index (χ4v) is 9.37. The lowest BCUT2D eigenvalue weighted by atomic mass is 9.47. The van der Waals surface area contributed by atoms with Crippen molar-refractivity contribution >= 4 is 0 Å². The topological polar surface area (TPSA) is 38.7 Å². The van der Waals surface area contributed by atoms with Crippen LogP contribution in [0.4, 0.5) is 0 Å². The van der Waals surface area contributed by atoms with Crippen LogP contribution in [0.5, 0.6) is 0 Å². The van der Waals surface area contributed by atoms with E-state index in [0.717, 1.165) is 55.8 Å². The highest BCUT2D eigenvalue weighted by Gasteiger charge is 2.59. The molecule has 8 unspecified atom stereocenters. The molecule has 3 nitrogen and oxygen atoms in total. The van der Waals surface area contributed by atoms with Crippen LogP contribution in [-0.4, -0.2) is 37.1 Å². The molecule has 4 fully saturated rings. The van der Waals surface area contributed by atoms with Gasteiger partial charge in [-0.25, -0.2) is 0 Å². The molecule has 194 valence electrons. The van der Waals surface area contributed by atoms with Crippen LogP contribution in [0, 0.1) is 52.3 Å². The van der Waals surface area contributed by atoms with Crippen LogP contribution in [0.3, 0.4) is 0 Å². The summed E-state index contributed by atoms with van der Waals surface area (Å²) in [7, 11) is 0. The second kappa shape index (κ2) is 9.82. The lowest BCUT2D eigenvalue weighted by molar-refractivity contribution is -0.100. The molecule has 9 atom stereocenters. The van der Waals surface area contributed by atoms with Gasteiger partial charge in [0.1, 0.15) is 0 Å². The van der Waals surface area contributed by atoms with E-state index in [0.29, 0.717) is 28.8 Å². The highest BCUT2D eigenvalue weighted by Crippen LogP contribution is 2.67. The maximum atomic E-state index is 10.4. The summed E-state index contributed by atoms with van der Waals surface area (Å²) in [4.78, 5) is 0. The average Bonchev–Trinajstić information content (AvgIpc) is 3.13. The summed E-state index contributed by atoms with van der Waals surface area (Å²) in [5.41, 5.74) is 2.66. The summed E-state index contributed by atoms with van der Waals surface area (Å²) in [5.74, 6) is 5.26. The van der Waals surface area contributed by atoms with Crippen molar-refractivity contribution in [2.24, 2.45) is 52.3 Å². The quantitative estimate of drug-likeness (QED) is 0.385. The predicted molar refractivity (Wildman–Crippen MR) is 138 cm³/mol. The molecule has 0 radical (unpaired) electrons. The lowest BCUT2D eigenvalue weighted by Crippen LogP contribution is -2.51. The highest BCUT2D eigenvalue weighted by molar-refractivity contribution is 5.25. The van der Waals surface area contributed by atoms with Gasteiger partial charge in [-0.1, -0.05) is 46.3 Å². The second-order valence-corrected chi connectivity index (χ2v) is 14.0. The number of aliphatic hydroxyl groups is 1. The second-order valence-electron chi connectivity index (χ2n) is 14.0. The maximum Gasteiger partial charge on any atom is 0.0612 e. The standard InChI is InChI=1S/C31H52O3/c1-20(2)29(32)11-6-21(3)26-9-10-27-25-8-7-23-16-24(34-19-22-17-33-18-22)12-14-30(23,4)28(25)13-15-31(26,27)5/h7,20-22,24-29,32H,6,8-19H2,1-5H3/t21-,24?,25?,26?,27?,28?,29?,30?,31?/m1/s1. The zero-order valence-corrected chi connectivity index (χ0v) is 22.7. The van der Waals surface area contributed by atoms with Gasteiger partial charge in [0, 0.05) is 5.92 Å². The van der Waals surface area contributed by atoms with E-state index >= 15 is 0 Å². The Morgan fingerprint density at radius 2 is 1.82 bits per heavy atom. The molecule has 0 aromatic carbocycles. The van der Waals surface area contributed by atoms with E-state index in [9.17, 15) is 5.11 Å². The fourth-order valence-electron chi connectivity index (χ4n) is 9.37. The fraction of sp³-hybridized carbons (Fsp3) is 0.935. The molecule has 3 saturated carbocycles. The van der Waals surface area contributed by atoms with Crippen LogP contribution in [0.1, 0.15) is 98.8 Å². The van der Waals surface area contributed by atoms with E-state index in [1.54, 1.807) is 5.57 Å². The number of hydrogen-bond donors (Lipinski definition) is 1. The van der Waals surface area contributed by atoms with Gasteiger partial charge in [-0.15, -0.1) is 0 Å². The molecular weight excluding hydrogens is 420 g/mol. The van der Waals surface area contributed by atoms with E-state index < -0.39 is 0 Å². The zero-order valence-electron chi connectivity index (χ0n) is 22.7. The molecule has 1 aliphatic heterocycles. The average molecular weight is 473 g/mol. The van der Waals surface area contributed by atoms with Crippen LogP contribution in [0.15, 0.2) is 11.6 Å². The minimum Gasteiger partial charge on any atom is -0.393 e. The van der Waals surface area contributed by atoms with Crippen molar-refractivity contribution in [3.8, 4) is 0 Å². The predicted octanol–water partition coefficient (Wildman–Crippen LogP) is 7.03. The third-order valence-corrected chi connectivity index (χ3v) is 11.8. The molecule has 0 bridgehead atoms. The Morgan fingerprint density at radius 1 is 1.03 bits per heavy atom. The number of ether oxygens (including phenoxy) is 2. The first-order chi connectivity index (χ1) is 16.2. The van der Waals surface area contributed by atoms with E-state index in [1.807, 2.05) is 0 Å². The lowest BCUT2D eigenvalue weighted by Gasteiger charge is -2.58. The summed E-state index contributed by atoms with van der Waals surface area (Å²) in [6, 6.07) is 0. The van der Waals surface area contributed by atoms with Gasteiger partial charge in [0.15, 0.2) is 0 Å². The Hall–Kier alpha value is -0.380. The van der Waals surface area contributed by atoms with Gasteiger partial charge < -0.3 is 14.6 Å². The van der Waals surface area contributed by atoms with Crippen LogP contribution < -0.4 is 0 Å².